The number of amides is 1. The molecule has 0 spiro atoms. The van der Waals surface area contributed by atoms with Crippen molar-refractivity contribution in [2.24, 2.45) is 0 Å². The topological polar surface area (TPSA) is 75.3 Å². The quantitative estimate of drug-likeness (QED) is 0.511. The van der Waals surface area contributed by atoms with Crippen LogP contribution >= 0.6 is 27.3 Å². The molecule has 1 aromatic heterocycles. The molecule has 3 rings (SSSR count). The molecule has 2 aromatic carbocycles. The number of halogens is 1. The minimum Gasteiger partial charge on any atom is -0.347 e. The zero-order valence-electron chi connectivity index (χ0n) is 14.6. The lowest BCUT2D eigenvalue weighted by Gasteiger charge is -2.07. The summed E-state index contributed by atoms with van der Waals surface area (Å²) in [5, 5.41) is 5.90. The maximum atomic E-state index is 12.2. The van der Waals surface area contributed by atoms with Gasteiger partial charge in [0.25, 0.3) is 15.9 Å². The van der Waals surface area contributed by atoms with Crippen molar-refractivity contribution < 1.29 is 13.2 Å². The SMILES string of the molecule is O=C(NCc1cc(Br)cs1)c1ccc(NS(=O)(=O)/C=C/c2ccccc2)cc1. The Labute approximate surface area is 176 Å². The number of rotatable bonds is 7. The van der Waals surface area contributed by atoms with Gasteiger partial charge >= 0.3 is 0 Å². The Morgan fingerprint density at radius 2 is 1.79 bits per heavy atom. The van der Waals surface area contributed by atoms with Crippen LogP contribution in [-0.2, 0) is 16.6 Å². The molecule has 8 heteroatoms. The highest BCUT2D eigenvalue weighted by Crippen LogP contribution is 2.19. The van der Waals surface area contributed by atoms with Crippen molar-refractivity contribution >= 4 is 55.0 Å². The van der Waals surface area contributed by atoms with E-state index in [0.29, 0.717) is 17.8 Å². The third-order valence-corrected chi connectivity index (χ3v) is 6.40. The second-order valence-electron chi connectivity index (χ2n) is 5.85. The van der Waals surface area contributed by atoms with Crippen LogP contribution in [0.1, 0.15) is 20.8 Å². The predicted octanol–water partition coefficient (Wildman–Crippen LogP) is 4.85. The summed E-state index contributed by atoms with van der Waals surface area (Å²) in [7, 11) is -3.64. The van der Waals surface area contributed by atoms with Crippen molar-refractivity contribution in [2.45, 2.75) is 6.54 Å². The van der Waals surface area contributed by atoms with Crippen LogP contribution in [0.3, 0.4) is 0 Å². The lowest BCUT2D eigenvalue weighted by atomic mass is 10.2. The molecule has 28 heavy (non-hydrogen) atoms. The molecule has 0 aliphatic rings. The van der Waals surface area contributed by atoms with Gasteiger partial charge in [0.05, 0.1) is 12.0 Å². The van der Waals surface area contributed by atoms with Gasteiger partial charge in [0.1, 0.15) is 0 Å². The van der Waals surface area contributed by atoms with E-state index in [2.05, 4.69) is 26.0 Å². The Balaban J connectivity index is 1.58. The van der Waals surface area contributed by atoms with Crippen LogP contribution in [0, 0.1) is 0 Å². The first kappa shape index (κ1) is 20.3. The Kier molecular flexibility index (Phi) is 6.66. The molecule has 5 nitrogen and oxygen atoms in total. The van der Waals surface area contributed by atoms with Crippen molar-refractivity contribution in [3.05, 3.63) is 91.9 Å². The first-order valence-electron chi connectivity index (χ1n) is 8.28. The van der Waals surface area contributed by atoms with Gasteiger partial charge in [-0.25, -0.2) is 8.42 Å². The van der Waals surface area contributed by atoms with E-state index in [4.69, 9.17) is 0 Å². The van der Waals surface area contributed by atoms with Crippen LogP contribution in [0.15, 0.2) is 75.9 Å². The molecule has 0 fully saturated rings. The van der Waals surface area contributed by atoms with E-state index in [1.165, 1.54) is 6.08 Å². The molecule has 0 saturated carbocycles. The maximum Gasteiger partial charge on any atom is 0.255 e. The van der Waals surface area contributed by atoms with Crippen LogP contribution in [-0.4, -0.2) is 14.3 Å². The average Bonchev–Trinajstić information content (AvgIpc) is 3.11. The van der Waals surface area contributed by atoms with Gasteiger partial charge in [0, 0.05) is 26.0 Å². The highest BCUT2D eigenvalue weighted by Gasteiger charge is 2.09. The summed E-state index contributed by atoms with van der Waals surface area (Å²) in [4.78, 5) is 13.2. The standard InChI is InChI=1S/C20H17BrN2O3S2/c21-17-12-19(27-14-17)13-22-20(24)16-6-8-18(9-7-16)23-28(25,26)11-10-15-4-2-1-3-5-15/h1-12,14,23H,13H2,(H,22,24)/b11-10+. The van der Waals surface area contributed by atoms with E-state index in [0.717, 1.165) is 20.3 Å². The van der Waals surface area contributed by atoms with Gasteiger partial charge in [-0.15, -0.1) is 11.3 Å². The molecule has 0 bridgehead atoms. The van der Waals surface area contributed by atoms with Crippen LogP contribution in [0.25, 0.3) is 6.08 Å². The predicted molar refractivity (Wildman–Crippen MR) is 118 cm³/mol. The number of benzene rings is 2. The van der Waals surface area contributed by atoms with Crippen molar-refractivity contribution in [3.63, 3.8) is 0 Å². The van der Waals surface area contributed by atoms with E-state index in [9.17, 15) is 13.2 Å². The van der Waals surface area contributed by atoms with Crippen LogP contribution in [0.4, 0.5) is 5.69 Å². The number of thiophene rings is 1. The molecule has 2 N–H and O–H groups in total. The summed E-state index contributed by atoms with van der Waals surface area (Å²) in [6, 6.07) is 17.4. The Morgan fingerprint density at radius 1 is 1.07 bits per heavy atom. The Morgan fingerprint density at radius 3 is 2.43 bits per heavy atom. The summed E-state index contributed by atoms with van der Waals surface area (Å²) in [5.41, 5.74) is 1.63. The molecule has 0 saturated heterocycles. The zero-order valence-corrected chi connectivity index (χ0v) is 17.9. The molecule has 3 aromatic rings. The smallest absolute Gasteiger partial charge is 0.255 e. The summed E-state index contributed by atoms with van der Waals surface area (Å²) >= 11 is 4.93. The van der Waals surface area contributed by atoms with Gasteiger partial charge in [-0.3, -0.25) is 9.52 Å². The van der Waals surface area contributed by atoms with Gasteiger partial charge in [0.15, 0.2) is 0 Å². The number of sulfonamides is 1. The fraction of sp³-hybridized carbons (Fsp3) is 0.0500. The normalized spacial score (nSPS) is 11.5. The first-order valence-corrected chi connectivity index (χ1v) is 11.5. The van der Waals surface area contributed by atoms with Gasteiger partial charge in [-0.2, -0.15) is 0 Å². The molecule has 1 amide bonds. The molecular formula is C20H17BrN2O3S2. The fourth-order valence-corrected chi connectivity index (χ4v) is 4.60. The van der Waals surface area contributed by atoms with Crippen LogP contribution < -0.4 is 10.0 Å². The number of hydrogen-bond acceptors (Lipinski definition) is 4. The number of carbonyl (C=O) groups excluding carboxylic acids is 1. The highest BCUT2D eigenvalue weighted by atomic mass is 79.9. The van der Waals surface area contributed by atoms with Crippen molar-refractivity contribution in [3.8, 4) is 0 Å². The van der Waals surface area contributed by atoms with E-state index >= 15 is 0 Å². The fourth-order valence-electron chi connectivity index (χ4n) is 2.34. The summed E-state index contributed by atoms with van der Waals surface area (Å²) in [6.07, 6.45) is 1.52. The molecule has 0 radical (unpaired) electrons. The Hall–Kier alpha value is -2.42. The minimum atomic E-state index is -3.64. The molecule has 1 heterocycles. The van der Waals surface area contributed by atoms with E-state index in [1.807, 2.05) is 41.8 Å². The average molecular weight is 477 g/mol. The van der Waals surface area contributed by atoms with E-state index < -0.39 is 10.0 Å². The zero-order chi connectivity index (χ0) is 20.0. The minimum absolute atomic E-state index is 0.220. The van der Waals surface area contributed by atoms with Gasteiger partial charge in [0.2, 0.25) is 0 Å². The number of carbonyl (C=O) groups is 1. The molecule has 144 valence electrons. The summed E-state index contributed by atoms with van der Waals surface area (Å²) in [5.74, 6) is -0.220. The third-order valence-electron chi connectivity index (χ3n) is 3.69. The van der Waals surface area contributed by atoms with Crippen LogP contribution in [0.5, 0.6) is 0 Å². The molecule has 0 unspecified atom stereocenters. The highest BCUT2D eigenvalue weighted by molar-refractivity contribution is 9.10. The second-order valence-corrected chi connectivity index (χ2v) is 9.33. The van der Waals surface area contributed by atoms with Gasteiger partial charge in [-0.1, -0.05) is 30.3 Å². The number of hydrogen-bond donors (Lipinski definition) is 2. The monoisotopic (exact) mass is 476 g/mol. The first-order chi connectivity index (χ1) is 13.4. The molecule has 0 aliphatic heterocycles. The van der Waals surface area contributed by atoms with Gasteiger partial charge in [-0.05, 0) is 57.9 Å². The second kappa shape index (κ2) is 9.18. The Bertz CT molecular complexity index is 1080. The van der Waals surface area contributed by atoms with E-state index in [1.54, 1.807) is 35.6 Å². The summed E-state index contributed by atoms with van der Waals surface area (Å²) < 4.78 is 27.8. The summed E-state index contributed by atoms with van der Waals surface area (Å²) in [6.45, 7) is 0.438. The molecular weight excluding hydrogens is 460 g/mol. The molecule has 0 atom stereocenters. The maximum absolute atomic E-state index is 12.2. The lowest BCUT2D eigenvalue weighted by molar-refractivity contribution is 0.0951. The third kappa shape index (κ3) is 6.05. The number of nitrogens with one attached hydrogen (secondary N) is 2. The molecule has 0 aliphatic carbocycles. The van der Waals surface area contributed by atoms with Crippen molar-refractivity contribution in [1.29, 1.82) is 0 Å². The van der Waals surface area contributed by atoms with Crippen molar-refractivity contribution in [2.75, 3.05) is 4.72 Å². The van der Waals surface area contributed by atoms with E-state index in [-0.39, 0.29) is 5.91 Å². The lowest BCUT2D eigenvalue weighted by Crippen LogP contribution is -2.22. The van der Waals surface area contributed by atoms with Crippen LogP contribution in [0.2, 0.25) is 0 Å². The largest absolute Gasteiger partial charge is 0.347 e. The number of anilines is 1. The van der Waals surface area contributed by atoms with Crippen molar-refractivity contribution in [1.82, 2.24) is 5.32 Å². The van der Waals surface area contributed by atoms with Gasteiger partial charge < -0.3 is 5.32 Å².